The fourth-order valence-corrected chi connectivity index (χ4v) is 4.22. The van der Waals surface area contributed by atoms with Gasteiger partial charge in [0.05, 0.1) is 17.1 Å². The van der Waals surface area contributed by atoms with Gasteiger partial charge < -0.3 is 4.57 Å². The van der Waals surface area contributed by atoms with Crippen molar-refractivity contribution in [2.24, 2.45) is 7.05 Å². The normalized spacial score (nSPS) is 11.2. The highest BCUT2D eigenvalue weighted by Gasteiger charge is 2.21. The molecular weight excluding hydrogens is 394 g/mol. The Bertz CT molecular complexity index is 1160. The first kappa shape index (κ1) is 20.1. The van der Waals surface area contributed by atoms with Gasteiger partial charge in [0.15, 0.2) is 16.8 Å². The van der Waals surface area contributed by atoms with Crippen molar-refractivity contribution in [2.45, 2.75) is 24.9 Å². The van der Waals surface area contributed by atoms with Crippen molar-refractivity contribution in [3.8, 4) is 17.1 Å². The predicted molar refractivity (Wildman–Crippen MR) is 119 cm³/mol. The number of benzene rings is 1. The van der Waals surface area contributed by atoms with Crippen LogP contribution in [-0.2, 0) is 7.05 Å². The summed E-state index contributed by atoms with van der Waals surface area (Å²) in [4.78, 5) is 16.9. The number of thioether (sulfide) groups is 1. The first-order valence-corrected chi connectivity index (χ1v) is 10.8. The van der Waals surface area contributed by atoms with Gasteiger partial charge in [-0.3, -0.25) is 14.3 Å². The molecule has 0 bridgehead atoms. The van der Waals surface area contributed by atoms with E-state index >= 15 is 0 Å². The molecule has 0 aliphatic heterocycles. The summed E-state index contributed by atoms with van der Waals surface area (Å²) in [6.45, 7) is 4.33. The van der Waals surface area contributed by atoms with Crippen molar-refractivity contribution in [1.82, 2.24) is 24.3 Å². The minimum absolute atomic E-state index is 0.0575. The van der Waals surface area contributed by atoms with E-state index in [4.69, 9.17) is 0 Å². The molecule has 3 aromatic heterocycles. The standard InChI is InChI=1S/C23H23N5OS/c1-16(2)18-9-4-5-10-19(18)28-22(17-8-6-12-24-14-17)25-26-23(28)30-15-21(29)20-11-7-13-27(20)3/h4-14,16H,15H2,1-3H3. The molecule has 0 aliphatic rings. The summed E-state index contributed by atoms with van der Waals surface area (Å²) in [5.74, 6) is 1.38. The van der Waals surface area contributed by atoms with E-state index in [2.05, 4.69) is 41.2 Å². The molecule has 0 radical (unpaired) electrons. The highest BCUT2D eigenvalue weighted by atomic mass is 32.2. The van der Waals surface area contributed by atoms with Gasteiger partial charge >= 0.3 is 0 Å². The van der Waals surface area contributed by atoms with Crippen LogP contribution in [0.3, 0.4) is 0 Å². The average molecular weight is 418 g/mol. The maximum Gasteiger partial charge on any atom is 0.196 e. The lowest BCUT2D eigenvalue weighted by atomic mass is 10.0. The van der Waals surface area contributed by atoms with E-state index in [-0.39, 0.29) is 11.5 Å². The lowest BCUT2D eigenvalue weighted by Gasteiger charge is -2.16. The second-order valence-electron chi connectivity index (χ2n) is 7.31. The van der Waals surface area contributed by atoms with Gasteiger partial charge in [-0.15, -0.1) is 10.2 Å². The topological polar surface area (TPSA) is 65.6 Å². The highest BCUT2D eigenvalue weighted by molar-refractivity contribution is 7.99. The Morgan fingerprint density at radius 3 is 2.60 bits per heavy atom. The highest BCUT2D eigenvalue weighted by Crippen LogP contribution is 2.32. The number of ketones is 1. The third-order valence-electron chi connectivity index (χ3n) is 4.91. The van der Waals surface area contributed by atoms with Crippen LogP contribution < -0.4 is 0 Å². The third kappa shape index (κ3) is 3.93. The number of carbonyl (C=O) groups is 1. The number of hydrogen-bond acceptors (Lipinski definition) is 5. The van der Waals surface area contributed by atoms with Gasteiger partial charge in [0.25, 0.3) is 0 Å². The zero-order valence-electron chi connectivity index (χ0n) is 17.2. The van der Waals surface area contributed by atoms with Crippen molar-refractivity contribution in [2.75, 3.05) is 5.75 Å². The van der Waals surface area contributed by atoms with E-state index < -0.39 is 0 Å². The molecule has 3 heterocycles. The summed E-state index contributed by atoms with van der Waals surface area (Å²) in [5.41, 5.74) is 3.77. The van der Waals surface area contributed by atoms with E-state index in [1.54, 1.807) is 12.4 Å². The summed E-state index contributed by atoms with van der Waals surface area (Å²) >= 11 is 1.40. The fraction of sp³-hybridized carbons (Fsp3) is 0.217. The summed E-state index contributed by atoms with van der Waals surface area (Å²) in [5, 5.41) is 9.58. The summed E-state index contributed by atoms with van der Waals surface area (Å²) < 4.78 is 3.87. The van der Waals surface area contributed by atoms with Gasteiger partial charge in [-0.05, 0) is 41.8 Å². The Hall–Kier alpha value is -3.19. The quantitative estimate of drug-likeness (QED) is 0.320. The Morgan fingerprint density at radius 2 is 1.90 bits per heavy atom. The van der Waals surface area contributed by atoms with E-state index in [0.717, 1.165) is 11.3 Å². The van der Waals surface area contributed by atoms with Crippen molar-refractivity contribution in [1.29, 1.82) is 0 Å². The fourth-order valence-electron chi connectivity index (χ4n) is 3.40. The first-order valence-electron chi connectivity index (χ1n) is 9.78. The molecule has 4 rings (SSSR count). The molecule has 0 spiro atoms. The molecule has 0 aliphatic carbocycles. The number of carbonyl (C=O) groups excluding carboxylic acids is 1. The summed E-state index contributed by atoms with van der Waals surface area (Å²) in [7, 11) is 1.87. The molecule has 0 saturated carbocycles. The lowest BCUT2D eigenvalue weighted by molar-refractivity contribution is 0.101. The molecular formula is C23H23N5OS. The SMILES string of the molecule is CC(C)c1ccccc1-n1c(SCC(=O)c2cccn2C)nnc1-c1cccnc1. The molecule has 0 fully saturated rings. The van der Waals surface area contributed by atoms with Crippen LogP contribution in [-0.4, -0.2) is 35.9 Å². The van der Waals surface area contributed by atoms with E-state index in [1.807, 2.05) is 58.8 Å². The number of aryl methyl sites for hydroxylation is 1. The Balaban J connectivity index is 1.76. The van der Waals surface area contributed by atoms with E-state index in [1.165, 1.54) is 17.3 Å². The van der Waals surface area contributed by atoms with Crippen LogP contribution >= 0.6 is 11.8 Å². The molecule has 0 saturated heterocycles. The molecule has 152 valence electrons. The zero-order valence-corrected chi connectivity index (χ0v) is 18.0. The molecule has 1 aromatic carbocycles. The molecule has 6 nitrogen and oxygen atoms in total. The van der Waals surface area contributed by atoms with E-state index in [9.17, 15) is 4.79 Å². The third-order valence-corrected chi connectivity index (χ3v) is 5.84. The molecule has 0 unspecified atom stereocenters. The van der Waals surface area contributed by atoms with Gasteiger partial charge in [0, 0.05) is 31.2 Å². The van der Waals surface area contributed by atoms with Crippen LogP contribution in [0.25, 0.3) is 17.1 Å². The number of Topliss-reactive ketones (excluding diaryl/α,β-unsaturated/α-hetero) is 1. The second kappa shape index (κ2) is 8.67. The number of nitrogens with zero attached hydrogens (tertiary/aromatic N) is 5. The molecule has 30 heavy (non-hydrogen) atoms. The molecule has 0 N–H and O–H groups in total. The number of rotatable bonds is 7. The Morgan fingerprint density at radius 1 is 1.07 bits per heavy atom. The summed E-state index contributed by atoms with van der Waals surface area (Å²) in [6, 6.07) is 15.8. The zero-order chi connectivity index (χ0) is 21.1. The molecule has 0 amide bonds. The van der Waals surface area contributed by atoms with Crippen molar-refractivity contribution in [3.05, 3.63) is 78.4 Å². The number of hydrogen-bond donors (Lipinski definition) is 0. The average Bonchev–Trinajstić information content (AvgIpc) is 3.38. The van der Waals surface area contributed by atoms with Crippen molar-refractivity contribution >= 4 is 17.5 Å². The maximum absolute atomic E-state index is 12.7. The maximum atomic E-state index is 12.7. The minimum Gasteiger partial charge on any atom is -0.348 e. The minimum atomic E-state index is 0.0575. The van der Waals surface area contributed by atoms with Gasteiger partial charge in [0.1, 0.15) is 0 Å². The predicted octanol–water partition coefficient (Wildman–Crippen LogP) is 4.77. The molecule has 7 heteroatoms. The van der Waals surface area contributed by atoms with Gasteiger partial charge in [0.2, 0.25) is 0 Å². The van der Waals surface area contributed by atoms with Crippen LogP contribution in [0.4, 0.5) is 0 Å². The van der Waals surface area contributed by atoms with Gasteiger partial charge in [-0.2, -0.15) is 0 Å². The lowest BCUT2D eigenvalue weighted by Crippen LogP contribution is -2.09. The van der Waals surface area contributed by atoms with Crippen LogP contribution in [0.2, 0.25) is 0 Å². The van der Waals surface area contributed by atoms with Crippen LogP contribution in [0.15, 0.2) is 72.3 Å². The van der Waals surface area contributed by atoms with Crippen LogP contribution in [0.1, 0.15) is 35.8 Å². The summed E-state index contributed by atoms with van der Waals surface area (Å²) in [6.07, 6.45) is 5.39. The second-order valence-corrected chi connectivity index (χ2v) is 8.26. The number of aromatic nitrogens is 5. The van der Waals surface area contributed by atoms with Crippen LogP contribution in [0.5, 0.6) is 0 Å². The number of pyridine rings is 1. The number of para-hydroxylation sites is 1. The molecule has 0 atom stereocenters. The van der Waals surface area contributed by atoms with Crippen LogP contribution in [0, 0.1) is 0 Å². The van der Waals surface area contributed by atoms with E-state index in [0.29, 0.717) is 22.6 Å². The smallest absolute Gasteiger partial charge is 0.196 e. The van der Waals surface area contributed by atoms with Crippen molar-refractivity contribution in [3.63, 3.8) is 0 Å². The Labute approximate surface area is 180 Å². The largest absolute Gasteiger partial charge is 0.348 e. The van der Waals surface area contributed by atoms with Gasteiger partial charge in [-0.25, -0.2) is 0 Å². The van der Waals surface area contributed by atoms with Crippen molar-refractivity contribution < 1.29 is 4.79 Å². The van der Waals surface area contributed by atoms with Gasteiger partial charge in [-0.1, -0.05) is 43.8 Å². The Kier molecular flexibility index (Phi) is 5.81. The molecule has 4 aromatic rings. The monoisotopic (exact) mass is 417 g/mol. The first-order chi connectivity index (χ1) is 14.6.